The van der Waals surface area contributed by atoms with Gasteiger partial charge in [0, 0.05) is 55.3 Å². The van der Waals surface area contributed by atoms with Gasteiger partial charge < -0.3 is 15.1 Å². The second-order valence-corrected chi connectivity index (χ2v) is 8.95. The minimum absolute atomic E-state index is 0.0310. The summed E-state index contributed by atoms with van der Waals surface area (Å²) >= 11 is 1.66. The van der Waals surface area contributed by atoms with Crippen LogP contribution < -0.4 is 10.2 Å². The Hall–Kier alpha value is -2.12. The number of thioether (sulfide) groups is 1. The van der Waals surface area contributed by atoms with E-state index in [0.29, 0.717) is 6.04 Å². The molecule has 0 atom stereocenters. The number of carbonyl (C=O) groups is 1. The Balaban J connectivity index is 1.38. The van der Waals surface area contributed by atoms with Crippen LogP contribution in [0.2, 0.25) is 0 Å². The molecule has 1 aromatic carbocycles. The lowest BCUT2D eigenvalue weighted by atomic mass is 10.1. The third-order valence-corrected chi connectivity index (χ3v) is 6.67. The molecule has 1 saturated carbocycles. The van der Waals surface area contributed by atoms with Crippen LogP contribution in [0.25, 0.3) is 0 Å². The van der Waals surface area contributed by atoms with Crippen molar-refractivity contribution in [2.24, 2.45) is 0 Å². The Morgan fingerprint density at radius 3 is 2.47 bits per heavy atom. The molecule has 160 valence electrons. The van der Waals surface area contributed by atoms with Crippen LogP contribution in [0, 0.1) is 0 Å². The molecule has 30 heavy (non-hydrogen) atoms. The Morgan fingerprint density at radius 2 is 1.83 bits per heavy atom. The van der Waals surface area contributed by atoms with Crippen molar-refractivity contribution < 1.29 is 4.79 Å². The summed E-state index contributed by atoms with van der Waals surface area (Å²) in [6.07, 6.45) is 3.12. The zero-order valence-corrected chi connectivity index (χ0v) is 18.7. The SMILES string of the molecule is CCc1cc(N2CCN(CC)CC2)nc(SCc2ccc(C(=O)NC3CC3)cc2)n1. The van der Waals surface area contributed by atoms with Gasteiger partial charge in [-0.1, -0.05) is 37.7 Å². The molecule has 2 aromatic rings. The molecule has 2 fully saturated rings. The molecule has 0 bridgehead atoms. The Morgan fingerprint density at radius 1 is 1.10 bits per heavy atom. The van der Waals surface area contributed by atoms with Crippen LogP contribution in [0.1, 0.15) is 48.3 Å². The number of amides is 1. The first-order chi connectivity index (χ1) is 14.6. The summed E-state index contributed by atoms with van der Waals surface area (Å²) in [7, 11) is 0. The van der Waals surface area contributed by atoms with Gasteiger partial charge in [0.2, 0.25) is 0 Å². The fourth-order valence-electron chi connectivity index (χ4n) is 3.56. The van der Waals surface area contributed by atoms with E-state index < -0.39 is 0 Å². The van der Waals surface area contributed by atoms with Crippen LogP contribution in [-0.4, -0.2) is 59.5 Å². The number of aryl methyl sites for hydroxylation is 1. The lowest BCUT2D eigenvalue weighted by Gasteiger charge is -2.34. The lowest BCUT2D eigenvalue weighted by Crippen LogP contribution is -2.46. The molecule has 1 N–H and O–H groups in total. The molecule has 1 aliphatic heterocycles. The highest BCUT2D eigenvalue weighted by molar-refractivity contribution is 7.98. The summed E-state index contributed by atoms with van der Waals surface area (Å²) < 4.78 is 0. The largest absolute Gasteiger partial charge is 0.354 e. The van der Waals surface area contributed by atoms with Crippen molar-refractivity contribution in [2.45, 2.75) is 50.1 Å². The number of aromatic nitrogens is 2. The van der Waals surface area contributed by atoms with E-state index in [1.165, 1.54) is 5.56 Å². The number of nitrogens with zero attached hydrogens (tertiary/aromatic N) is 4. The summed E-state index contributed by atoms with van der Waals surface area (Å²) in [5.74, 6) is 1.87. The third kappa shape index (κ3) is 5.52. The van der Waals surface area contributed by atoms with Crippen molar-refractivity contribution in [3.63, 3.8) is 0 Å². The highest BCUT2D eigenvalue weighted by Gasteiger charge is 2.23. The molecule has 6 nitrogen and oxygen atoms in total. The van der Waals surface area contributed by atoms with Crippen LogP contribution in [-0.2, 0) is 12.2 Å². The van der Waals surface area contributed by atoms with E-state index in [9.17, 15) is 4.79 Å². The maximum Gasteiger partial charge on any atom is 0.251 e. The first kappa shape index (κ1) is 21.1. The number of rotatable bonds is 8. The number of nitrogens with one attached hydrogen (secondary N) is 1. The van der Waals surface area contributed by atoms with Gasteiger partial charge in [0.1, 0.15) is 5.82 Å². The molecule has 1 aliphatic carbocycles. The van der Waals surface area contributed by atoms with Crippen molar-refractivity contribution in [2.75, 3.05) is 37.6 Å². The average Bonchev–Trinajstić information content (AvgIpc) is 3.62. The zero-order valence-electron chi connectivity index (χ0n) is 17.9. The standard InChI is InChI=1S/C23H31N5OS/c1-3-19-15-21(28-13-11-27(4-2)12-14-28)26-23(25-19)30-16-17-5-7-18(8-6-17)22(29)24-20-9-10-20/h5-8,15,20H,3-4,9-14,16H2,1-2H3,(H,24,29). The van der Waals surface area contributed by atoms with Gasteiger partial charge in [-0.3, -0.25) is 4.79 Å². The molecule has 7 heteroatoms. The minimum Gasteiger partial charge on any atom is -0.354 e. The van der Waals surface area contributed by atoms with Crippen LogP contribution >= 0.6 is 11.8 Å². The van der Waals surface area contributed by atoms with Gasteiger partial charge in [0.15, 0.2) is 5.16 Å². The monoisotopic (exact) mass is 425 g/mol. The van der Waals surface area contributed by atoms with Crippen LogP contribution in [0.5, 0.6) is 0 Å². The van der Waals surface area contributed by atoms with Crippen molar-refractivity contribution in [3.8, 4) is 0 Å². The van der Waals surface area contributed by atoms with Crippen LogP contribution in [0.15, 0.2) is 35.5 Å². The quantitative estimate of drug-likeness (QED) is 0.517. The molecule has 1 aromatic heterocycles. The maximum atomic E-state index is 12.1. The van der Waals surface area contributed by atoms with Gasteiger partial charge in [-0.15, -0.1) is 0 Å². The molecule has 0 radical (unpaired) electrons. The first-order valence-corrected chi connectivity index (χ1v) is 12.0. The van der Waals surface area contributed by atoms with Crippen molar-refractivity contribution >= 4 is 23.5 Å². The van der Waals surface area contributed by atoms with Crippen molar-refractivity contribution in [1.82, 2.24) is 20.2 Å². The summed E-state index contributed by atoms with van der Waals surface area (Å²) in [6.45, 7) is 9.68. The molecule has 4 rings (SSSR count). The predicted molar refractivity (Wildman–Crippen MR) is 122 cm³/mol. The highest BCUT2D eigenvalue weighted by Crippen LogP contribution is 2.24. The normalized spacial score (nSPS) is 17.2. The van der Waals surface area contributed by atoms with E-state index in [0.717, 1.165) is 80.0 Å². The Labute approximate surface area is 183 Å². The Bertz CT molecular complexity index is 860. The number of anilines is 1. The van der Waals surface area contributed by atoms with Gasteiger partial charge in [-0.25, -0.2) is 9.97 Å². The number of carbonyl (C=O) groups excluding carboxylic acids is 1. The van der Waals surface area contributed by atoms with Gasteiger partial charge in [0.25, 0.3) is 5.91 Å². The number of piperazine rings is 1. The zero-order chi connectivity index (χ0) is 20.9. The molecule has 0 spiro atoms. The molecule has 2 aliphatic rings. The summed E-state index contributed by atoms with van der Waals surface area (Å²) in [5, 5.41) is 3.86. The number of hydrogen-bond donors (Lipinski definition) is 1. The molecular formula is C23H31N5OS. The fraction of sp³-hybridized carbons (Fsp3) is 0.522. The number of benzene rings is 1. The second-order valence-electron chi connectivity index (χ2n) is 8.01. The smallest absolute Gasteiger partial charge is 0.251 e. The first-order valence-electron chi connectivity index (χ1n) is 11.0. The summed E-state index contributed by atoms with van der Waals surface area (Å²) in [4.78, 5) is 26.6. The molecule has 1 amide bonds. The highest BCUT2D eigenvalue weighted by atomic mass is 32.2. The van der Waals surface area contributed by atoms with Crippen LogP contribution in [0.4, 0.5) is 5.82 Å². The van der Waals surface area contributed by atoms with E-state index in [1.807, 2.05) is 24.3 Å². The van der Waals surface area contributed by atoms with Gasteiger partial charge in [-0.05, 0) is 43.5 Å². The maximum absolute atomic E-state index is 12.1. The topological polar surface area (TPSA) is 61.4 Å². The summed E-state index contributed by atoms with van der Waals surface area (Å²) in [5.41, 5.74) is 2.99. The number of hydrogen-bond acceptors (Lipinski definition) is 6. The predicted octanol–water partition coefficient (Wildman–Crippen LogP) is 3.37. The molecule has 1 saturated heterocycles. The Kier molecular flexibility index (Phi) is 6.89. The van der Waals surface area contributed by atoms with Gasteiger partial charge in [-0.2, -0.15) is 0 Å². The van der Waals surface area contributed by atoms with Gasteiger partial charge in [0.05, 0.1) is 0 Å². The molecule has 2 heterocycles. The number of likely N-dealkylation sites (N-methyl/N-ethyl adjacent to an activating group) is 1. The van der Waals surface area contributed by atoms with E-state index >= 15 is 0 Å². The van der Waals surface area contributed by atoms with Crippen LogP contribution in [0.3, 0.4) is 0 Å². The van der Waals surface area contributed by atoms with E-state index in [-0.39, 0.29) is 5.91 Å². The van der Waals surface area contributed by atoms with E-state index in [2.05, 4.69) is 35.0 Å². The molecular weight excluding hydrogens is 394 g/mol. The van der Waals surface area contributed by atoms with Crippen molar-refractivity contribution in [1.29, 1.82) is 0 Å². The second kappa shape index (κ2) is 9.79. The van der Waals surface area contributed by atoms with Crippen molar-refractivity contribution in [3.05, 3.63) is 47.2 Å². The third-order valence-electron chi connectivity index (χ3n) is 5.75. The lowest BCUT2D eigenvalue weighted by molar-refractivity contribution is 0.0951. The van der Waals surface area contributed by atoms with Gasteiger partial charge >= 0.3 is 0 Å². The van der Waals surface area contributed by atoms with E-state index in [4.69, 9.17) is 9.97 Å². The minimum atomic E-state index is 0.0310. The average molecular weight is 426 g/mol. The molecule has 0 unspecified atom stereocenters. The van der Waals surface area contributed by atoms with E-state index in [1.54, 1.807) is 11.8 Å². The fourth-order valence-corrected chi connectivity index (χ4v) is 4.39. The summed E-state index contributed by atoms with van der Waals surface area (Å²) in [6, 6.07) is 10.4.